The van der Waals surface area contributed by atoms with Crippen LogP contribution in [0.2, 0.25) is 0 Å². The van der Waals surface area contributed by atoms with E-state index in [9.17, 15) is 13.5 Å². The highest BCUT2D eigenvalue weighted by Gasteiger charge is 2.37. The van der Waals surface area contributed by atoms with Crippen LogP contribution in [-0.2, 0) is 23.5 Å². The molecule has 1 heterocycles. The van der Waals surface area contributed by atoms with E-state index < -0.39 is 16.1 Å². The third-order valence-electron chi connectivity index (χ3n) is 4.93. The summed E-state index contributed by atoms with van der Waals surface area (Å²) < 4.78 is 35.7. The normalized spacial score (nSPS) is 21.2. The Morgan fingerprint density at radius 2 is 2.15 bits per heavy atom. The van der Waals surface area contributed by atoms with Gasteiger partial charge in [0.1, 0.15) is 5.75 Å². The molecule has 0 radical (unpaired) electrons. The van der Waals surface area contributed by atoms with Crippen molar-refractivity contribution < 1.29 is 18.3 Å². The number of sulfonamides is 1. The summed E-state index contributed by atoms with van der Waals surface area (Å²) in [5, 5.41) is 13.8. The van der Waals surface area contributed by atoms with Crippen LogP contribution in [0.4, 0.5) is 0 Å². The molecule has 2 aromatic rings. The van der Waals surface area contributed by atoms with E-state index in [0.29, 0.717) is 25.0 Å². The molecule has 0 aliphatic heterocycles. The van der Waals surface area contributed by atoms with Crippen molar-refractivity contribution in [2.75, 3.05) is 7.11 Å². The van der Waals surface area contributed by atoms with Gasteiger partial charge in [0.2, 0.25) is 10.0 Å². The van der Waals surface area contributed by atoms with Crippen LogP contribution < -0.4 is 9.46 Å². The van der Waals surface area contributed by atoms with Gasteiger partial charge in [0.15, 0.2) is 0 Å². The molecule has 1 aliphatic carbocycles. The molecule has 8 heteroatoms. The SMILES string of the molecule is CCc1cc(S(=O)(=O)N[C@@H](c2cnn(C)c2)C2CC(O)C2)ccc1OC. The van der Waals surface area contributed by atoms with Crippen LogP contribution in [0, 0.1) is 5.92 Å². The molecular formula is C18H25N3O4S. The lowest BCUT2D eigenvalue weighted by molar-refractivity contribution is 0.0280. The fourth-order valence-electron chi connectivity index (χ4n) is 3.37. The minimum atomic E-state index is -3.72. The maximum atomic E-state index is 13.0. The topological polar surface area (TPSA) is 93.5 Å². The van der Waals surface area contributed by atoms with Gasteiger partial charge in [0.05, 0.1) is 30.3 Å². The number of aliphatic hydroxyl groups is 1. The first-order chi connectivity index (χ1) is 12.3. The number of benzene rings is 1. The predicted molar refractivity (Wildman–Crippen MR) is 97.4 cm³/mol. The minimum absolute atomic E-state index is 0.0490. The fourth-order valence-corrected chi connectivity index (χ4v) is 4.72. The lowest BCUT2D eigenvalue weighted by atomic mass is 9.76. The van der Waals surface area contributed by atoms with Crippen LogP contribution in [0.1, 0.15) is 36.9 Å². The maximum absolute atomic E-state index is 13.0. The van der Waals surface area contributed by atoms with Gasteiger partial charge in [-0.05, 0) is 48.9 Å². The Labute approximate surface area is 154 Å². The average molecular weight is 379 g/mol. The third-order valence-corrected chi connectivity index (χ3v) is 6.37. The van der Waals surface area contributed by atoms with Crippen LogP contribution in [0.25, 0.3) is 0 Å². The second kappa shape index (κ2) is 7.38. The van der Waals surface area contributed by atoms with E-state index in [-0.39, 0.29) is 16.9 Å². The second-order valence-electron chi connectivity index (χ2n) is 6.76. The molecule has 26 heavy (non-hydrogen) atoms. The molecule has 0 amide bonds. The van der Waals surface area contributed by atoms with Crippen LogP contribution >= 0.6 is 0 Å². The van der Waals surface area contributed by atoms with Gasteiger partial charge in [-0.2, -0.15) is 5.10 Å². The largest absolute Gasteiger partial charge is 0.496 e. The van der Waals surface area contributed by atoms with Gasteiger partial charge in [-0.1, -0.05) is 6.92 Å². The highest BCUT2D eigenvalue weighted by molar-refractivity contribution is 7.89. The van der Waals surface area contributed by atoms with Crippen LogP contribution in [-0.4, -0.2) is 36.5 Å². The third kappa shape index (κ3) is 3.77. The van der Waals surface area contributed by atoms with Crippen molar-refractivity contribution in [3.63, 3.8) is 0 Å². The van der Waals surface area contributed by atoms with Gasteiger partial charge >= 0.3 is 0 Å². The van der Waals surface area contributed by atoms with Gasteiger partial charge in [-0.15, -0.1) is 0 Å². The number of nitrogens with one attached hydrogen (secondary N) is 1. The van der Waals surface area contributed by atoms with E-state index in [0.717, 1.165) is 11.1 Å². The Morgan fingerprint density at radius 1 is 1.42 bits per heavy atom. The van der Waals surface area contributed by atoms with Gasteiger partial charge in [0, 0.05) is 18.8 Å². The quantitative estimate of drug-likeness (QED) is 0.765. The van der Waals surface area contributed by atoms with Crippen molar-refractivity contribution in [2.45, 2.75) is 43.2 Å². The molecule has 142 valence electrons. The lowest BCUT2D eigenvalue weighted by Gasteiger charge is -2.37. The molecule has 0 saturated heterocycles. The van der Waals surface area contributed by atoms with Crippen molar-refractivity contribution in [3.05, 3.63) is 41.7 Å². The molecule has 0 unspecified atom stereocenters. The summed E-state index contributed by atoms with van der Waals surface area (Å²) in [6.07, 6.45) is 4.94. The van der Waals surface area contributed by atoms with Crippen LogP contribution in [0.15, 0.2) is 35.5 Å². The van der Waals surface area contributed by atoms with Gasteiger partial charge in [-0.25, -0.2) is 13.1 Å². The summed E-state index contributed by atoms with van der Waals surface area (Å²) >= 11 is 0. The molecule has 1 aromatic heterocycles. The monoisotopic (exact) mass is 379 g/mol. The zero-order valence-electron chi connectivity index (χ0n) is 15.2. The number of ether oxygens (including phenoxy) is 1. The summed E-state index contributed by atoms with van der Waals surface area (Å²) in [5.74, 6) is 0.727. The zero-order valence-corrected chi connectivity index (χ0v) is 16.0. The molecule has 1 fully saturated rings. The van der Waals surface area contributed by atoms with Gasteiger partial charge in [0.25, 0.3) is 0 Å². The van der Waals surface area contributed by atoms with E-state index in [2.05, 4.69) is 9.82 Å². The molecule has 3 rings (SSSR count). The van der Waals surface area contributed by atoms with Gasteiger partial charge < -0.3 is 9.84 Å². The number of aromatic nitrogens is 2. The molecule has 0 bridgehead atoms. The molecular weight excluding hydrogens is 354 g/mol. The molecule has 7 nitrogen and oxygen atoms in total. The number of aryl methyl sites for hydroxylation is 2. The lowest BCUT2D eigenvalue weighted by Crippen LogP contribution is -2.41. The molecule has 1 saturated carbocycles. The standard InChI is InChI=1S/C18H25N3O4S/c1-4-12-9-16(5-6-17(12)25-3)26(23,24)20-18(13-7-15(22)8-13)14-10-19-21(2)11-14/h5-6,9-11,13,15,18,20,22H,4,7-8H2,1-3H3/t13?,15?,18-/m1/s1. The summed E-state index contributed by atoms with van der Waals surface area (Å²) in [7, 11) is -0.355. The summed E-state index contributed by atoms with van der Waals surface area (Å²) in [4.78, 5) is 0.212. The number of rotatable bonds is 7. The maximum Gasteiger partial charge on any atom is 0.241 e. The number of hydrogen-bond donors (Lipinski definition) is 2. The van der Waals surface area contributed by atoms with Gasteiger partial charge in [-0.3, -0.25) is 4.68 Å². The van der Waals surface area contributed by atoms with E-state index >= 15 is 0 Å². The number of nitrogens with zero attached hydrogens (tertiary/aromatic N) is 2. The summed E-state index contributed by atoms with van der Waals surface area (Å²) in [5.41, 5.74) is 1.64. The van der Waals surface area contributed by atoms with Crippen LogP contribution in [0.5, 0.6) is 5.75 Å². The van der Waals surface area contributed by atoms with Crippen molar-refractivity contribution in [1.82, 2.24) is 14.5 Å². The van der Waals surface area contributed by atoms with E-state index in [1.54, 1.807) is 43.2 Å². The predicted octanol–water partition coefficient (Wildman–Crippen LogP) is 1.78. The number of aliphatic hydroxyl groups excluding tert-OH is 1. The second-order valence-corrected chi connectivity index (χ2v) is 8.47. The molecule has 2 N–H and O–H groups in total. The number of hydrogen-bond acceptors (Lipinski definition) is 5. The average Bonchev–Trinajstić information content (AvgIpc) is 3.02. The Hall–Kier alpha value is -1.90. The molecule has 0 spiro atoms. The zero-order chi connectivity index (χ0) is 18.9. The Balaban J connectivity index is 1.90. The Kier molecular flexibility index (Phi) is 5.36. The minimum Gasteiger partial charge on any atom is -0.496 e. The van der Waals surface area contributed by atoms with Crippen molar-refractivity contribution in [1.29, 1.82) is 0 Å². The summed E-state index contributed by atoms with van der Waals surface area (Å²) in [6, 6.07) is 4.47. The Morgan fingerprint density at radius 3 is 2.69 bits per heavy atom. The highest BCUT2D eigenvalue weighted by Crippen LogP contribution is 2.39. The first-order valence-corrected chi connectivity index (χ1v) is 10.2. The fraction of sp³-hybridized carbons (Fsp3) is 0.500. The first kappa shape index (κ1) is 18.9. The summed E-state index contributed by atoms with van der Waals surface area (Å²) in [6.45, 7) is 1.95. The Bertz CT molecular complexity index is 872. The van der Waals surface area contributed by atoms with E-state index in [1.165, 1.54) is 0 Å². The smallest absolute Gasteiger partial charge is 0.241 e. The van der Waals surface area contributed by atoms with Crippen LogP contribution in [0.3, 0.4) is 0 Å². The number of methoxy groups -OCH3 is 1. The molecule has 1 aromatic carbocycles. The molecule has 1 atom stereocenters. The van der Waals surface area contributed by atoms with Crippen molar-refractivity contribution in [2.24, 2.45) is 13.0 Å². The highest BCUT2D eigenvalue weighted by atomic mass is 32.2. The van der Waals surface area contributed by atoms with Crippen molar-refractivity contribution in [3.8, 4) is 5.75 Å². The van der Waals surface area contributed by atoms with E-state index in [4.69, 9.17) is 4.74 Å². The van der Waals surface area contributed by atoms with Crippen molar-refractivity contribution >= 4 is 10.0 Å². The first-order valence-electron chi connectivity index (χ1n) is 8.70. The van der Waals surface area contributed by atoms with E-state index in [1.807, 2.05) is 13.1 Å². The molecule has 1 aliphatic rings.